The van der Waals surface area contributed by atoms with E-state index in [9.17, 15) is 4.79 Å². The molecule has 1 aliphatic carbocycles. The largest absolute Gasteiger partial charge is 0.481 e. The van der Waals surface area contributed by atoms with Crippen LogP contribution in [0.25, 0.3) is 0 Å². The third-order valence-electron chi connectivity index (χ3n) is 4.24. The lowest BCUT2D eigenvalue weighted by Gasteiger charge is -2.21. The van der Waals surface area contributed by atoms with Crippen LogP contribution in [-0.4, -0.2) is 29.1 Å². The Hall–Kier alpha value is -1.43. The van der Waals surface area contributed by atoms with Gasteiger partial charge in [-0.25, -0.2) is 0 Å². The Bertz CT molecular complexity index is 477. The number of fused-ring (bicyclic) bond motifs is 1. The van der Waals surface area contributed by atoms with Gasteiger partial charge in [-0.2, -0.15) is 0 Å². The predicted molar refractivity (Wildman–Crippen MR) is 87.8 cm³/mol. The highest BCUT2D eigenvalue weighted by Gasteiger charge is 2.45. The maximum atomic E-state index is 10.7. The van der Waals surface area contributed by atoms with Gasteiger partial charge in [-0.3, -0.25) is 4.79 Å². The van der Waals surface area contributed by atoms with Gasteiger partial charge >= 0.3 is 5.97 Å². The summed E-state index contributed by atoms with van der Waals surface area (Å²) in [4.78, 5) is 10.7. The molecule has 1 heterocycles. The van der Waals surface area contributed by atoms with Crippen molar-refractivity contribution in [1.82, 2.24) is 0 Å². The van der Waals surface area contributed by atoms with Gasteiger partial charge in [0, 0.05) is 6.54 Å². The van der Waals surface area contributed by atoms with E-state index in [2.05, 4.69) is 0 Å². The molecule has 0 aromatic heterocycles. The smallest absolute Gasteiger partial charge is 0.308 e. The van der Waals surface area contributed by atoms with E-state index < -0.39 is 11.8 Å². The molecule has 2 unspecified atom stereocenters. The number of rotatable bonds is 3. The third-order valence-corrected chi connectivity index (χ3v) is 4.24. The summed E-state index contributed by atoms with van der Waals surface area (Å²) in [6.07, 6.45) is 5.70. The van der Waals surface area contributed by atoms with Crippen LogP contribution in [0.3, 0.4) is 0 Å². The minimum absolute atomic E-state index is 0.0694. The van der Waals surface area contributed by atoms with Gasteiger partial charge in [0.1, 0.15) is 0 Å². The van der Waals surface area contributed by atoms with Crippen molar-refractivity contribution in [3.63, 3.8) is 0 Å². The summed E-state index contributed by atoms with van der Waals surface area (Å²) in [5.74, 6) is -1.77. The lowest BCUT2D eigenvalue weighted by atomic mass is 10.1. The van der Waals surface area contributed by atoms with Gasteiger partial charge in [-0.05, 0) is 25.3 Å². The Morgan fingerprint density at radius 1 is 1.17 bits per heavy atom. The van der Waals surface area contributed by atoms with E-state index in [1.165, 1.54) is 12.0 Å². The first-order valence-electron chi connectivity index (χ1n) is 8.34. The van der Waals surface area contributed by atoms with E-state index >= 15 is 0 Å². The first kappa shape index (κ1) is 17.9. The first-order chi connectivity index (χ1) is 11.0. The number of carboxylic acids is 1. The molecule has 1 aliphatic heterocycles. The summed E-state index contributed by atoms with van der Waals surface area (Å²) in [7, 11) is 0. The van der Waals surface area contributed by atoms with E-state index in [4.69, 9.17) is 20.3 Å². The molecule has 3 N–H and O–H groups in total. The predicted octanol–water partition coefficient (Wildman–Crippen LogP) is 3.07. The summed E-state index contributed by atoms with van der Waals surface area (Å²) in [5, 5.41) is 8.77. The van der Waals surface area contributed by atoms with Gasteiger partial charge in [-0.15, -0.1) is 0 Å². The Labute approximate surface area is 137 Å². The van der Waals surface area contributed by atoms with E-state index in [0.717, 1.165) is 25.7 Å². The van der Waals surface area contributed by atoms with Crippen molar-refractivity contribution < 1.29 is 19.4 Å². The minimum atomic E-state index is -0.904. The Morgan fingerprint density at radius 2 is 1.74 bits per heavy atom. The first-order valence-corrected chi connectivity index (χ1v) is 8.34. The number of carbonyl (C=O) groups is 1. The zero-order valence-electron chi connectivity index (χ0n) is 13.7. The highest BCUT2D eigenvalue weighted by molar-refractivity contribution is 5.67. The molecule has 23 heavy (non-hydrogen) atoms. The van der Waals surface area contributed by atoms with Gasteiger partial charge in [-0.1, -0.05) is 49.6 Å². The highest BCUT2D eigenvalue weighted by atomic mass is 16.8. The van der Waals surface area contributed by atoms with E-state index in [1.807, 2.05) is 30.3 Å². The number of aliphatic carboxylic acids is 1. The number of ether oxygens (including phenoxy) is 2. The van der Waals surface area contributed by atoms with Crippen molar-refractivity contribution in [2.45, 2.75) is 70.0 Å². The average Bonchev–Trinajstić information content (AvgIpc) is 2.68. The molecule has 5 heteroatoms. The number of hydrogen-bond acceptors (Lipinski definition) is 4. The van der Waals surface area contributed by atoms with Crippen LogP contribution in [0.4, 0.5) is 0 Å². The maximum Gasteiger partial charge on any atom is 0.308 e. The highest BCUT2D eigenvalue weighted by Crippen LogP contribution is 2.37. The fraction of sp³-hybridized carbons (Fsp3) is 0.611. The summed E-state index contributed by atoms with van der Waals surface area (Å²) in [6.45, 7) is 2.37. The second-order valence-electron chi connectivity index (χ2n) is 6.34. The molecular formula is C18H27NO4. The van der Waals surface area contributed by atoms with Crippen molar-refractivity contribution >= 4 is 5.97 Å². The molecule has 2 atom stereocenters. The topological polar surface area (TPSA) is 81.8 Å². The molecule has 1 saturated heterocycles. The molecule has 1 aromatic rings. The van der Waals surface area contributed by atoms with Crippen LogP contribution in [0.15, 0.2) is 30.3 Å². The molecule has 3 rings (SSSR count). The molecule has 128 valence electrons. The zero-order valence-corrected chi connectivity index (χ0v) is 13.7. The Kier molecular flexibility index (Phi) is 6.57. The van der Waals surface area contributed by atoms with Crippen LogP contribution < -0.4 is 5.73 Å². The van der Waals surface area contributed by atoms with Crippen molar-refractivity contribution in [2.24, 2.45) is 5.73 Å². The number of nitrogens with two attached hydrogens (primary N) is 1. The number of carboxylic acid groups (broad SMARTS) is 1. The minimum Gasteiger partial charge on any atom is -0.481 e. The molecule has 0 bridgehead atoms. The van der Waals surface area contributed by atoms with Crippen molar-refractivity contribution in [3.05, 3.63) is 35.9 Å². The molecule has 0 spiro atoms. The Morgan fingerprint density at radius 3 is 2.17 bits per heavy atom. The summed E-state index contributed by atoms with van der Waals surface area (Å²) >= 11 is 0. The van der Waals surface area contributed by atoms with Crippen LogP contribution >= 0.6 is 0 Å². The SMILES string of the molecule is CC1(CC(=O)O)OC2CCCCCC2O1.NCc1ccccc1. The summed E-state index contributed by atoms with van der Waals surface area (Å²) in [5.41, 5.74) is 6.54. The van der Waals surface area contributed by atoms with Crippen LogP contribution in [0.2, 0.25) is 0 Å². The monoisotopic (exact) mass is 321 g/mol. The quantitative estimate of drug-likeness (QED) is 0.894. The number of benzene rings is 1. The molecule has 1 saturated carbocycles. The fourth-order valence-corrected chi connectivity index (χ4v) is 3.15. The van der Waals surface area contributed by atoms with Crippen molar-refractivity contribution in [2.75, 3.05) is 0 Å². The fourth-order valence-electron chi connectivity index (χ4n) is 3.15. The van der Waals surface area contributed by atoms with Gasteiger partial charge in [0.05, 0.1) is 18.6 Å². The maximum absolute atomic E-state index is 10.7. The standard InChI is InChI=1S/C11H18O4.C7H9N/c1-11(7-10(12)13)14-8-5-3-2-4-6-9(8)15-11;8-6-7-4-2-1-3-5-7/h8-9H,2-7H2,1H3,(H,12,13);1-5H,6,8H2. The van der Waals surface area contributed by atoms with Crippen LogP contribution in [0, 0.1) is 0 Å². The Balaban J connectivity index is 0.000000203. The molecule has 2 fully saturated rings. The average molecular weight is 321 g/mol. The van der Waals surface area contributed by atoms with Crippen LogP contribution in [-0.2, 0) is 20.8 Å². The zero-order chi connectivity index (χ0) is 16.7. The van der Waals surface area contributed by atoms with E-state index in [1.54, 1.807) is 6.92 Å². The van der Waals surface area contributed by atoms with E-state index in [0.29, 0.717) is 6.54 Å². The van der Waals surface area contributed by atoms with Crippen LogP contribution in [0.1, 0.15) is 51.0 Å². The second kappa shape index (κ2) is 8.43. The molecule has 1 aromatic carbocycles. The molecule has 0 amide bonds. The third kappa shape index (κ3) is 5.61. The van der Waals surface area contributed by atoms with Gasteiger partial charge in [0.2, 0.25) is 0 Å². The number of hydrogen-bond donors (Lipinski definition) is 2. The van der Waals surface area contributed by atoms with Gasteiger partial charge in [0.25, 0.3) is 0 Å². The van der Waals surface area contributed by atoms with Gasteiger partial charge < -0.3 is 20.3 Å². The summed E-state index contributed by atoms with van der Waals surface area (Å²) < 4.78 is 11.5. The lowest BCUT2D eigenvalue weighted by Crippen LogP contribution is -2.30. The van der Waals surface area contributed by atoms with Crippen molar-refractivity contribution in [1.29, 1.82) is 0 Å². The molecule has 5 nitrogen and oxygen atoms in total. The normalized spacial score (nSPS) is 29.8. The molecular weight excluding hydrogens is 294 g/mol. The summed E-state index contributed by atoms with van der Waals surface area (Å²) in [6, 6.07) is 9.99. The molecule has 2 aliphatic rings. The van der Waals surface area contributed by atoms with Crippen molar-refractivity contribution in [3.8, 4) is 0 Å². The van der Waals surface area contributed by atoms with Gasteiger partial charge in [0.15, 0.2) is 5.79 Å². The molecule has 0 radical (unpaired) electrons. The lowest BCUT2D eigenvalue weighted by molar-refractivity contribution is -0.181. The van der Waals surface area contributed by atoms with E-state index in [-0.39, 0.29) is 18.6 Å². The van der Waals surface area contributed by atoms with Crippen LogP contribution in [0.5, 0.6) is 0 Å². The second-order valence-corrected chi connectivity index (χ2v) is 6.34.